The summed E-state index contributed by atoms with van der Waals surface area (Å²) in [6, 6.07) is 1.72. The summed E-state index contributed by atoms with van der Waals surface area (Å²) < 4.78 is 10.2. The molecule has 0 aliphatic heterocycles. The zero-order valence-electron chi connectivity index (χ0n) is 10.9. The van der Waals surface area contributed by atoms with Gasteiger partial charge in [-0.25, -0.2) is 9.78 Å². The van der Waals surface area contributed by atoms with Gasteiger partial charge in [0.05, 0.1) is 18.7 Å². The van der Waals surface area contributed by atoms with E-state index < -0.39 is 0 Å². The van der Waals surface area contributed by atoms with E-state index in [1.165, 1.54) is 7.11 Å². The van der Waals surface area contributed by atoms with E-state index in [4.69, 9.17) is 4.42 Å². The zero-order valence-corrected chi connectivity index (χ0v) is 11.8. The van der Waals surface area contributed by atoms with Crippen LogP contribution in [0.3, 0.4) is 0 Å². The molecule has 0 aliphatic carbocycles. The van der Waals surface area contributed by atoms with E-state index in [2.05, 4.69) is 15.0 Å². The predicted molar refractivity (Wildman–Crippen MR) is 72.3 cm³/mol. The Hall–Kier alpha value is -1.66. The highest BCUT2D eigenvalue weighted by atomic mass is 32.1. The van der Waals surface area contributed by atoms with Gasteiger partial charge in [-0.1, -0.05) is 0 Å². The number of thiazole rings is 1. The minimum Gasteiger partial charge on any atom is -0.465 e. The van der Waals surface area contributed by atoms with E-state index in [-0.39, 0.29) is 5.97 Å². The third-order valence-electron chi connectivity index (χ3n) is 2.67. The summed E-state index contributed by atoms with van der Waals surface area (Å²) in [6.45, 7) is 3.16. The molecule has 0 aromatic carbocycles. The van der Waals surface area contributed by atoms with E-state index in [1.54, 1.807) is 30.5 Å². The molecule has 0 radical (unpaired) electrons. The molecule has 5 nitrogen and oxygen atoms in total. The topological polar surface area (TPSA) is 64.4 Å². The first-order valence-electron chi connectivity index (χ1n) is 5.97. The molecule has 0 unspecified atom stereocenters. The summed E-state index contributed by atoms with van der Waals surface area (Å²) in [7, 11) is 1.36. The van der Waals surface area contributed by atoms with Crippen LogP contribution in [0.25, 0.3) is 0 Å². The van der Waals surface area contributed by atoms with Gasteiger partial charge in [0, 0.05) is 24.5 Å². The van der Waals surface area contributed by atoms with Crippen molar-refractivity contribution in [2.45, 2.75) is 19.9 Å². The maximum absolute atomic E-state index is 11.4. The number of carbonyl (C=O) groups excluding carboxylic acids is 1. The van der Waals surface area contributed by atoms with E-state index in [0.717, 1.165) is 23.7 Å². The Morgan fingerprint density at radius 2 is 2.42 bits per heavy atom. The minimum atomic E-state index is -0.365. The Morgan fingerprint density at radius 1 is 1.58 bits per heavy atom. The van der Waals surface area contributed by atoms with Crippen LogP contribution >= 0.6 is 11.3 Å². The molecule has 19 heavy (non-hydrogen) atoms. The van der Waals surface area contributed by atoms with E-state index in [9.17, 15) is 4.79 Å². The number of esters is 1. The number of aromatic nitrogens is 1. The number of nitrogens with one attached hydrogen (secondary N) is 1. The first-order chi connectivity index (χ1) is 9.20. The molecular formula is C13H16N2O3S. The van der Waals surface area contributed by atoms with Crippen LogP contribution in [0.15, 0.2) is 22.1 Å². The molecule has 2 rings (SSSR count). The molecular weight excluding hydrogens is 264 g/mol. The van der Waals surface area contributed by atoms with E-state index in [1.807, 2.05) is 5.38 Å². The number of carbonyl (C=O) groups is 1. The number of aryl methyl sites for hydroxylation is 1. The standard InChI is InChI=1S/C13H16N2O3S/c1-9-11(13(16)17-2)7-10(18-9)8-14-4-3-12-15-5-6-19-12/h5-7,14H,3-4,8H2,1-2H3. The van der Waals surface area contributed by atoms with Gasteiger partial charge in [0.25, 0.3) is 0 Å². The largest absolute Gasteiger partial charge is 0.465 e. The van der Waals surface area contributed by atoms with Crippen molar-refractivity contribution in [1.29, 1.82) is 0 Å². The van der Waals surface area contributed by atoms with Crippen LogP contribution in [0, 0.1) is 6.92 Å². The summed E-state index contributed by atoms with van der Waals surface area (Å²) in [4.78, 5) is 15.6. The van der Waals surface area contributed by atoms with Gasteiger partial charge in [-0.05, 0) is 13.0 Å². The maximum atomic E-state index is 11.4. The van der Waals surface area contributed by atoms with Gasteiger partial charge < -0.3 is 14.5 Å². The van der Waals surface area contributed by atoms with Crippen LogP contribution in [0.1, 0.15) is 26.9 Å². The van der Waals surface area contributed by atoms with Crippen molar-refractivity contribution in [1.82, 2.24) is 10.3 Å². The summed E-state index contributed by atoms with van der Waals surface area (Å²) in [6.07, 6.45) is 2.69. The highest BCUT2D eigenvalue weighted by Crippen LogP contribution is 2.15. The molecule has 0 fully saturated rings. The van der Waals surface area contributed by atoms with Crippen LogP contribution in [-0.4, -0.2) is 24.6 Å². The Labute approximate surface area is 115 Å². The van der Waals surface area contributed by atoms with Crippen LogP contribution < -0.4 is 5.32 Å². The average molecular weight is 280 g/mol. The quantitative estimate of drug-likeness (QED) is 0.649. The highest BCUT2D eigenvalue weighted by Gasteiger charge is 2.14. The SMILES string of the molecule is COC(=O)c1cc(CNCCc2nccs2)oc1C. The molecule has 0 atom stereocenters. The van der Waals surface area contributed by atoms with Crippen molar-refractivity contribution in [3.05, 3.63) is 39.7 Å². The molecule has 0 aliphatic rings. The summed E-state index contributed by atoms with van der Waals surface area (Å²) in [5.41, 5.74) is 0.485. The zero-order chi connectivity index (χ0) is 13.7. The van der Waals surface area contributed by atoms with Crippen molar-refractivity contribution < 1.29 is 13.9 Å². The molecule has 6 heteroatoms. The Kier molecular flexibility index (Phi) is 4.70. The van der Waals surface area contributed by atoms with Gasteiger partial charge in [-0.15, -0.1) is 11.3 Å². The van der Waals surface area contributed by atoms with Crippen LogP contribution in [0.2, 0.25) is 0 Å². The fraction of sp³-hybridized carbons (Fsp3) is 0.385. The molecule has 0 saturated heterocycles. The number of rotatable bonds is 6. The van der Waals surface area contributed by atoms with Crippen LogP contribution in [0.5, 0.6) is 0 Å². The van der Waals surface area contributed by atoms with Gasteiger partial charge in [0.2, 0.25) is 0 Å². The molecule has 102 valence electrons. The lowest BCUT2D eigenvalue weighted by atomic mass is 10.2. The molecule has 2 heterocycles. The van der Waals surface area contributed by atoms with Gasteiger partial charge in [-0.2, -0.15) is 0 Å². The minimum absolute atomic E-state index is 0.365. The Bertz CT molecular complexity index is 534. The lowest BCUT2D eigenvalue weighted by Gasteiger charge is -2.00. The maximum Gasteiger partial charge on any atom is 0.341 e. The van der Waals surface area contributed by atoms with Crippen LogP contribution in [-0.2, 0) is 17.7 Å². The monoisotopic (exact) mass is 280 g/mol. The molecule has 0 amide bonds. The van der Waals surface area contributed by atoms with E-state index >= 15 is 0 Å². The summed E-state index contributed by atoms with van der Waals surface area (Å²) in [5, 5.41) is 6.33. The van der Waals surface area contributed by atoms with Gasteiger partial charge in [0.15, 0.2) is 0 Å². The Morgan fingerprint density at radius 3 is 3.11 bits per heavy atom. The second-order valence-corrected chi connectivity index (χ2v) is 5.01. The smallest absolute Gasteiger partial charge is 0.341 e. The number of hydrogen-bond acceptors (Lipinski definition) is 6. The van der Waals surface area contributed by atoms with Gasteiger partial charge >= 0.3 is 5.97 Å². The fourth-order valence-electron chi connectivity index (χ4n) is 1.73. The first-order valence-corrected chi connectivity index (χ1v) is 6.85. The van der Waals surface area contributed by atoms with Crippen molar-refractivity contribution in [3.8, 4) is 0 Å². The molecule has 0 saturated carbocycles. The summed E-state index contributed by atoms with van der Waals surface area (Å²) >= 11 is 1.65. The molecule has 0 bridgehead atoms. The lowest BCUT2D eigenvalue weighted by Crippen LogP contribution is -2.16. The molecule has 2 aromatic rings. The molecule has 1 N–H and O–H groups in total. The predicted octanol–water partition coefficient (Wildman–Crippen LogP) is 2.16. The average Bonchev–Trinajstić information content (AvgIpc) is 3.03. The number of hydrogen-bond donors (Lipinski definition) is 1. The summed E-state index contributed by atoms with van der Waals surface area (Å²) in [5.74, 6) is 0.955. The first kappa shape index (κ1) is 13.8. The van der Waals surface area contributed by atoms with Crippen molar-refractivity contribution in [2.75, 3.05) is 13.7 Å². The number of ether oxygens (including phenoxy) is 1. The fourth-order valence-corrected chi connectivity index (χ4v) is 2.35. The molecule has 0 spiro atoms. The lowest BCUT2D eigenvalue weighted by molar-refractivity contribution is 0.0599. The highest BCUT2D eigenvalue weighted by molar-refractivity contribution is 7.09. The van der Waals surface area contributed by atoms with Gasteiger partial charge in [-0.3, -0.25) is 0 Å². The number of furan rings is 1. The third kappa shape index (κ3) is 3.65. The van der Waals surface area contributed by atoms with Crippen LogP contribution in [0.4, 0.5) is 0 Å². The van der Waals surface area contributed by atoms with Crippen molar-refractivity contribution in [2.24, 2.45) is 0 Å². The second-order valence-electron chi connectivity index (χ2n) is 4.03. The second kappa shape index (κ2) is 6.49. The number of methoxy groups -OCH3 is 1. The van der Waals surface area contributed by atoms with E-state index in [0.29, 0.717) is 17.9 Å². The van der Waals surface area contributed by atoms with Crippen molar-refractivity contribution in [3.63, 3.8) is 0 Å². The third-order valence-corrected chi connectivity index (χ3v) is 3.51. The molecule has 2 aromatic heterocycles. The van der Waals surface area contributed by atoms with Gasteiger partial charge in [0.1, 0.15) is 17.1 Å². The normalized spacial score (nSPS) is 10.6. The number of nitrogens with zero attached hydrogens (tertiary/aromatic N) is 1. The van der Waals surface area contributed by atoms with Crippen molar-refractivity contribution >= 4 is 17.3 Å². The Balaban J connectivity index is 1.81.